The molecule has 1 N–H and O–H groups in total. The second-order valence-electron chi connectivity index (χ2n) is 4.99. The van der Waals surface area contributed by atoms with Crippen LogP contribution in [0.2, 0.25) is 0 Å². The van der Waals surface area contributed by atoms with Crippen LogP contribution in [0.3, 0.4) is 0 Å². The molecule has 3 heteroatoms. The molecular formula is C14H20FNO. The van der Waals surface area contributed by atoms with E-state index in [2.05, 4.69) is 5.32 Å². The fourth-order valence-electron chi connectivity index (χ4n) is 2.50. The number of halogens is 1. The van der Waals surface area contributed by atoms with Crippen molar-refractivity contribution in [1.29, 1.82) is 0 Å². The number of ether oxygens (including phenoxy) is 1. The second kappa shape index (κ2) is 5.05. The van der Waals surface area contributed by atoms with Gasteiger partial charge in [0.05, 0.1) is 7.11 Å². The molecule has 0 aromatic heterocycles. The lowest BCUT2D eigenvalue weighted by molar-refractivity contribution is 0.149. The number of alkyl halides is 1. The Bertz CT molecular complexity index is 372. The van der Waals surface area contributed by atoms with Crippen LogP contribution in [0.5, 0.6) is 5.75 Å². The average Bonchev–Trinajstić information content (AvgIpc) is 2.81. The highest BCUT2D eigenvalue weighted by Crippen LogP contribution is 2.35. The van der Waals surface area contributed by atoms with E-state index in [9.17, 15) is 4.39 Å². The number of methoxy groups -OCH3 is 1. The van der Waals surface area contributed by atoms with E-state index in [1.165, 1.54) is 0 Å². The summed E-state index contributed by atoms with van der Waals surface area (Å²) in [5.74, 6) is 1.16. The Morgan fingerprint density at radius 2 is 2.35 bits per heavy atom. The Kier molecular flexibility index (Phi) is 3.67. The number of benzene rings is 1. The molecule has 1 aromatic rings. The molecule has 1 aliphatic rings. The SMILES string of the molecule is COc1cccc(C(C)(F)CC2CCNC2)c1. The lowest BCUT2D eigenvalue weighted by Crippen LogP contribution is -2.21. The van der Waals surface area contributed by atoms with Crippen LogP contribution in [0.25, 0.3) is 0 Å². The third-order valence-corrected chi connectivity index (χ3v) is 3.51. The molecule has 1 heterocycles. The van der Waals surface area contributed by atoms with Crippen molar-refractivity contribution in [3.8, 4) is 5.75 Å². The molecule has 1 fully saturated rings. The van der Waals surface area contributed by atoms with E-state index in [0.29, 0.717) is 17.9 Å². The summed E-state index contributed by atoms with van der Waals surface area (Å²) in [6.07, 6.45) is 1.65. The number of rotatable bonds is 4. The third-order valence-electron chi connectivity index (χ3n) is 3.51. The zero-order chi connectivity index (χ0) is 12.3. The third kappa shape index (κ3) is 2.97. The van der Waals surface area contributed by atoms with Crippen molar-refractivity contribution < 1.29 is 9.13 Å². The van der Waals surface area contributed by atoms with Gasteiger partial charge in [0.15, 0.2) is 0 Å². The molecule has 1 aromatic carbocycles. The molecule has 0 spiro atoms. The largest absolute Gasteiger partial charge is 0.497 e. The summed E-state index contributed by atoms with van der Waals surface area (Å²) in [7, 11) is 1.61. The molecular weight excluding hydrogens is 217 g/mol. The molecule has 2 rings (SSSR count). The Morgan fingerprint density at radius 1 is 1.53 bits per heavy atom. The van der Waals surface area contributed by atoms with Crippen LogP contribution in [0, 0.1) is 5.92 Å². The van der Waals surface area contributed by atoms with Gasteiger partial charge in [-0.15, -0.1) is 0 Å². The van der Waals surface area contributed by atoms with Gasteiger partial charge in [0, 0.05) is 0 Å². The van der Waals surface area contributed by atoms with E-state index in [0.717, 1.165) is 25.3 Å². The quantitative estimate of drug-likeness (QED) is 0.869. The average molecular weight is 237 g/mol. The summed E-state index contributed by atoms with van der Waals surface area (Å²) in [4.78, 5) is 0. The maximum Gasteiger partial charge on any atom is 0.133 e. The summed E-state index contributed by atoms with van der Waals surface area (Å²) in [6.45, 7) is 3.61. The Labute approximate surface area is 102 Å². The standard InChI is InChI=1S/C14H20FNO/c1-14(15,9-11-6-7-16-10-11)12-4-3-5-13(8-12)17-2/h3-5,8,11,16H,6-7,9-10H2,1-2H3. The van der Waals surface area contributed by atoms with Gasteiger partial charge in [-0.25, -0.2) is 4.39 Å². The molecule has 0 amide bonds. The molecule has 17 heavy (non-hydrogen) atoms. The number of hydrogen-bond donors (Lipinski definition) is 1. The monoisotopic (exact) mass is 237 g/mol. The molecule has 1 saturated heterocycles. The summed E-state index contributed by atoms with van der Waals surface area (Å²) in [5, 5.41) is 3.28. The van der Waals surface area contributed by atoms with Crippen molar-refractivity contribution in [2.45, 2.75) is 25.4 Å². The van der Waals surface area contributed by atoms with E-state index in [-0.39, 0.29) is 0 Å². The molecule has 0 radical (unpaired) electrons. The van der Waals surface area contributed by atoms with E-state index in [1.807, 2.05) is 18.2 Å². The van der Waals surface area contributed by atoms with Crippen molar-refractivity contribution in [2.24, 2.45) is 5.92 Å². The van der Waals surface area contributed by atoms with E-state index >= 15 is 0 Å². The maximum atomic E-state index is 14.7. The van der Waals surface area contributed by atoms with Crippen molar-refractivity contribution in [3.63, 3.8) is 0 Å². The predicted molar refractivity (Wildman–Crippen MR) is 67.0 cm³/mol. The molecule has 2 atom stereocenters. The van der Waals surface area contributed by atoms with Crippen molar-refractivity contribution in [3.05, 3.63) is 29.8 Å². The van der Waals surface area contributed by atoms with E-state index in [4.69, 9.17) is 4.74 Å². The zero-order valence-corrected chi connectivity index (χ0v) is 10.5. The van der Waals surface area contributed by atoms with Gasteiger partial charge in [-0.05, 0) is 56.5 Å². The Balaban J connectivity index is 2.11. The predicted octanol–water partition coefficient (Wildman–Crippen LogP) is 2.88. The van der Waals surface area contributed by atoms with Crippen LogP contribution in [0.4, 0.5) is 4.39 Å². The van der Waals surface area contributed by atoms with Gasteiger partial charge in [-0.2, -0.15) is 0 Å². The first-order valence-electron chi connectivity index (χ1n) is 6.16. The molecule has 2 unspecified atom stereocenters. The zero-order valence-electron chi connectivity index (χ0n) is 10.5. The van der Waals surface area contributed by atoms with Crippen molar-refractivity contribution in [2.75, 3.05) is 20.2 Å². The first kappa shape index (κ1) is 12.4. The van der Waals surface area contributed by atoms with Gasteiger partial charge >= 0.3 is 0 Å². The molecule has 0 aliphatic carbocycles. The van der Waals surface area contributed by atoms with Crippen LogP contribution in [-0.2, 0) is 5.67 Å². The summed E-state index contributed by atoms with van der Waals surface area (Å²) >= 11 is 0. The molecule has 0 saturated carbocycles. The topological polar surface area (TPSA) is 21.3 Å². The van der Waals surface area contributed by atoms with Crippen molar-refractivity contribution >= 4 is 0 Å². The summed E-state index contributed by atoms with van der Waals surface area (Å²) < 4.78 is 19.8. The minimum Gasteiger partial charge on any atom is -0.497 e. The highest BCUT2D eigenvalue weighted by atomic mass is 19.1. The smallest absolute Gasteiger partial charge is 0.133 e. The van der Waals surface area contributed by atoms with E-state index in [1.54, 1.807) is 20.1 Å². The molecule has 2 nitrogen and oxygen atoms in total. The molecule has 1 aliphatic heterocycles. The fraction of sp³-hybridized carbons (Fsp3) is 0.571. The van der Waals surface area contributed by atoms with Gasteiger partial charge in [0.2, 0.25) is 0 Å². The minimum absolute atomic E-state index is 0.441. The lowest BCUT2D eigenvalue weighted by Gasteiger charge is -2.24. The maximum absolute atomic E-state index is 14.7. The van der Waals surface area contributed by atoms with Crippen LogP contribution >= 0.6 is 0 Å². The highest BCUT2D eigenvalue weighted by molar-refractivity contribution is 5.32. The number of hydrogen-bond acceptors (Lipinski definition) is 2. The van der Waals surface area contributed by atoms with Crippen LogP contribution in [0.1, 0.15) is 25.3 Å². The summed E-state index contributed by atoms with van der Waals surface area (Å²) in [5.41, 5.74) is -0.561. The first-order valence-corrected chi connectivity index (χ1v) is 6.16. The Morgan fingerprint density at radius 3 is 3.00 bits per heavy atom. The molecule has 0 bridgehead atoms. The van der Waals surface area contributed by atoms with Gasteiger partial charge in [0.25, 0.3) is 0 Å². The van der Waals surface area contributed by atoms with Crippen molar-refractivity contribution in [1.82, 2.24) is 5.32 Å². The molecule has 94 valence electrons. The summed E-state index contributed by atoms with van der Waals surface area (Å²) in [6, 6.07) is 7.32. The van der Waals surface area contributed by atoms with Gasteiger partial charge < -0.3 is 10.1 Å². The number of nitrogens with one attached hydrogen (secondary N) is 1. The normalized spacial score (nSPS) is 23.4. The Hall–Kier alpha value is -1.09. The lowest BCUT2D eigenvalue weighted by atomic mass is 9.87. The second-order valence-corrected chi connectivity index (χ2v) is 4.99. The van der Waals surface area contributed by atoms with Crippen LogP contribution in [-0.4, -0.2) is 20.2 Å². The fourth-order valence-corrected chi connectivity index (χ4v) is 2.50. The van der Waals surface area contributed by atoms with Gasteiger partial charge in [-0.3, -0.25) is 0 Å². The van der Waals surface area contributed by atoms with Gasteiger partial charge in [-0.1, -0.05) is 12.1 Å². The first-order chi connectivity index (χ1) is 8.12. The van der Waals surface area contributed by atoms with Crippen LogP contribution < -0.4 is 10.1 Å². The van der Waals surface area contributed by atoms with E-state index < -0.39 is 5.67 Å². The highest BCUT2D eigenvalue weighted by Gasteiger charge is 2.31. The van der Waals surface area contributed by atoms with Gasteiger partial charge in [0.1, 0.15) is 11.4 Å². The minimum atomic E-state index is -1.27. The van der Waals surface area contributed by atoms with Crippen LogP contribution in [0.15, 0.2) is 24.3 Å².